The molecule has 96 valence electrons. The molecule has 0 aromatic heterocycles. The lowest BCUT2D eigenvalue weighted by Gasteiger charge is -2.24. The maximum absolute atomic E-state index is 5.53. The van der Waals surface area contributed by atoms with Gasteiger partial charge in [0.15, 0.2) is 0 Å². The monoisotopic (exact) mass is 245 g/mol. The second-order valence-corrected chi connectivity index (χ2v) is 4.34. The summed E-state index contributed by atoms with van der Waals surface area (Å²) >= 11 is 0. The Balaban J connectivity index is 1.67. The average molecular weight is 245 g/mol. The molecule has 1 heterocycles. The van der Waals surface area contributed by atoms with Crippen LogP contribution in [0.5, 0.6) is 5.75 Å². The van der Waals surface area contributed by atoms with E-state index in [0.717, 1.165) is 38.6 Å². The predicted octanol–water partition coefficient (Wildman–Crippen LogP) is 1.71. The van der Waals surface area contributed by atoms with E-state index in [1.165, 1.54) is 5.56 Å². The molecule has 0 radical (unpaired) electrons. The first kappa shape index (κ1) is 12.9. The Hall–Kier alpha value is -1.50. The molecule has 1 aromatic rings. The van der Waals surface area contributed by atoms with Crippen molar-refractivity contribution in [2.75, 3.05) is 39.5 Å². The third-order valence-corrected chi connectivity index (χ3v) is 2.86. The topological polar surface area (TPSA) is 21.7 Å². The van der Waals surface area contributed by atoms with Crippen LogP contribution in [-0.2, 0) is 4.74 Å². The van der Waals surface area contributed by atoms with E-state index >= 15 is 0 Å². The Morgan fingerprint density at radius 3 is 2.61 bits per heavy atom. The van der Waals surface area contributed by atoms with Crippen molar-refractivity contribution in [2.24, 2.45) is 0 Å². The van der Waals surface area contributed by atoms with Crippen LogP contribution >= 0.6 is 0 Å². The van der Waals surface area contributed by atoms with Gasteiger partial charge in [0.25, 0.3) is 0 Å². The van der Waals surface area contributed by atoms with E-state index in [1.54, 1.807) is 0 Å². The average Bonchev–Trinajstić information content (AvgIpc) is 2.42. The van der Waals surface area contributed by atoms with Crippen LogP contribution in [0, 0.1) is 18.8 Å². The van der Waals surface area contributed by atoms with Crippen LogP contribution in [-0.4, -0.2) is 44.4 Å². The van der Waals surface area contributed by atoms with Crippen molar-refractivity contribution in [3.8, 4) is 17.6 Å². The van der Waals surface area contributed by atoms with Crippen LogP contribution in [0.2, 0.25) is 0 Å². The zero-order valence-electron chi connectivity index (χ0n) is 10.8. The van der Waals surface area contributed by atoms with Crippen molar-refractivity contribution >= 4 is 0 Å². The van der Waals surface area contributed by atoms with Gasteiger partial charge < -0.3 is 9.47 Å². The molecule has 1 aliphatic rings. The van der Waals surface area contributed by atoms with Crippen LogP contribution in [0.1, 0.15) is 5.56 Å². The summed E-state index contributed by atoms with van der Waals surface area (Å²) in [4.78, 5) is 2.29. The molecule has 0 saturated carbocycles. The number of hydrogen-bond donors (Lipinski definition) is 0. The summed E-state index contributed by atoms with van der Waals surface area (Å²) in [6.07, 6.45) is 0. The first-order chi connectivity index (χ1) is 8.84. The Kier molecular flexibility index (Phi) is 5.07. The van der Waals surface area contributed by atoms with Gasteiger partial charge in [-0.3, -0.25) is 4.90 Å². The second-order valence-electron chi connectivity index (χ2n) is 4.34. The van der Waals surface area contributed by atoms with Crippen molar-refractivity contribution < 1.29 is 9.47 Å². The van der Waals surface area contributed by atoms with Crippen molar-refractivity contribution in [2.45, 2.75) is 6.92 Å². The standard InChI is InChI=1S/C15H19NO2/c1-14-4-6-15(7-5-14)18-11-3-2-8-16-9-12-17-13-10-16/h4-7H,8-13H2,1H3. The van der Waals surface area contributed by atoms with Gasteiger partial charge in [0.2, 0.25) is 0 Å². The van der Waals surface area contributed by atoms with Crippen LogP contribution < -0.4 is 4.74 Å². The summed E-state index contributed by atoms with van der Waals surface area (Å²) < 4.78 is 10.8. The Bertz CT molecular complexity index is 410. The zero-order valence-corrected chi connectivity index (χ0v) is 10.8. The summed E-state index contributed by atoms with van der Waals surface area (Å²) in [5.74, 6) is 7.05. The van der Waals surface area contributed by atoms with Crippen LogP contribution in [0.4, 0.5) is 0 Å². The fourth-order valence-corrected chi connectivity index (χ4v) is 1.73. The van der Waals surface area contributed by atoms with E-state index in [1.807, 2.05) is 24.3 Å². The molecule has 0 atom stereocenters. The van der Waals surface area contributed by atoms with Gasteiger partial charge in [0, 0.05) is 13.1 Å². The first-order valence-corrected chi connectivity index (χ1v) is 6.30. The van der Waals surface area contributed by atoms with E-state index < -0.39 is 0 Å². The molecule has 0 spiro atoms. The molecule has 1 fully saturated rings. The quantitative estimate of drug-likeness (QED) is 0.757. The molecule has 0 bridgehead atoms. The molecule has 18 heavy (non-hydrogen) atoms. The van der Waals surface area contributed by atoms with E-state index in [2.05, 4.69) is 23.7 Å². The van der Waals surface area contributed by atoms with Gasteiger partial charge in [-0.15, -0.1) is 0 Å². The summed E-state index contributed by atoms with van der Waals surface area (Å²) in [6, 6.07) is 8.02. The zero-order chi connectivity index (χ0) is 12.6. The van der Waals surface area contributed by atoms with Crippen molar-refractivity contribution in [1.29, 1.82) is 0 Å². The molecule has 0 amide bonds. The highest BCUT2D eigenvalue weighted by Crippen LogP contribution is 2.10. The Labute approximate surface area is 109 Å². The lowest BCUT2D eigenvalue weighted by Crippen LogP contribution is -2.36. The smallest absolute Gasteiger partial charge is 0.149 e. The Morgan fingerprint density at radius 1 is 1.17 bits per heavy atom. The van der Waals surface area contributed by atoms with E-state index in [9.17, 15) is 0 Å². The number of benzene rings is 1. The number of aryl methyl sites for hydroxylation is 1. The molecule has 2 rings (SSSR count). The third kappa shape index (κ3) is 4.40. The normalized spacial score (nSPS) is 15.8. The molecule has 0 aliphatic carbocycles. The largest absolute Gasteiger partial charge is 0.481 e. The number of ether oxygens (including phenoxy) is 2. The van der Waals surface area contributed by atoms with E-state index in [4.69, 9.17) is 9.47 Å². The van der Waals surface area contributed by atoms with Gasteiger partial charge in [-0.2, -0.15) is 0 Å². The molecule has 0 unspecified atom stereocenters. The number of morpholine rings is 1. The molecule has 1 aliphatic heterocycles. The molecule has 3 nitrogen and oxygen atoms in total. The van der Waals surface area contributed by atoms with E-state index in [0.29, 0.717) is 6.61 Å². The Morgan fingerprint density at radius 2 is 1.89 bits per heavy atom. The van der Waals surface area contributed by atoms with Crippen molar-refractivity contribution in [3.05, 3.63) is 29.8 Å². The summed E-state index contributed by atoms with van der Waals surface area (Å²) in [6.45, 7) is 6.92. The second kappa shape index (κ2) is 7.05. The fourth-order valence-electron chi connectivity index (χ4n) is 1.73. The lowest BCUT2D eigenvalue weighted by atomic mass is 10.2. The summed E-state index contributed by atoms with van der Waals surface area (Å²) in [5, 5.41) is 0. The van der Waals surface area contributed by atoms with Crippen LogP contribution in [0.25, 0.3) is 0 Å². The number of nitrogens with zero attached hydrogens (tertiary/aromatic N) is 1. The van der Waals surface area contributed by atoms with Crippen molar-refractivity contribution in [1.82, 2.24) is 4.90 Å². The van der Waals surface area contributed by atoms with Gasteiger partial charge in [-0.25, -0.2) is 0 Å². The maximum Gasteiger partial charge on any atom is 0.149 e. The highest BCUT2D eigenvalue weighted by atomic mass is 16.5. The van der Waals surface area contributed by atoms with Gasteiger partial charge in [-0.05, 0) is 19.1 Å². The van der Waals surface area contributed by atoms with Gasteiger partial charge in [0.1, 0.15) is 12.4 Å². The van der Waals surface area contributed by atoms with Gasteiger partial charge >= 0.3 is 0 Å². The molecule has 3 heteroatoms. The lowest BCUT2D eigenvalue weighted by molar-refractivity contribution is 0.0443. The molecule has 0 N–H and O–H groups in total. The number of hydrogen-bond acceptors (Lipinski definition) is 3. The molecule has 1 saturated heterocycles. The van der Waals surface area contributed by atoms with Crippen molar-refractivity contribution in [3.63, 3.8) is 0 Å². The molecular weight excluding hydrogens is 226 g/mol. The highest BCUT2D eigenvalue weighted by Gasteiger charge is 2.07. The van der Waals surface area contributed by atoms with Gasteiger partial charge in [0.05, 0.1) is 19.8 Å². The first-order valence-electron chi connectivity index (χ1n) is 6.30. The third-order valence-electron chi connectivity index (χ3n) is 2.86. The minimum atomic E-state index is 0.452. The minimum Gasteiger partial charge on any atom is -0.481 e. The molecule has 1 aromatic carbocycles. The number of rotatable bonds is 3. The summed E-state index contributed by atoms with van der Waals surface area (Å²) in [7, 11) is 0. The fraction of sp³-hybridized carbons (Fsp3) is 0.467. The maximum atomic E-state index is 5.53. The predicted molar refractivity (Wildman–Crippen MR) is 71.7 cm³/mol. The van der Waals surface area contributed by atoms with Crippen LogP contribution in [0.15, 0.2) is 24.3 Å². The van der Waals surface area contributed by atoms with Crippen LogP contribution in [0.3, 0.4) is 0 Å². The SMILES string of the molecule is Cc1ccc(OCC#CCN2CCOCC2)cc1. The van der Waals surface area contributed by atoms with Gasteiger partial charge in [-0.1, -0.05) is 29.5 Å². The van der Waals surface area contributed by atoms with E-state index in [-0.39, 0.29) is 0 Å². The minimum absolute atomic E-state index is 0.452. The highest BCUT2D eigenvalue weighted by molar-refractivity contribution is 5.26. The summed E-state index contributed by atoms with van der Waals surface area (Å²) in [5.41, 5.74) is 1.24. The molecular formula is C15H19NO2.